The Morgan fingerprint density at radius 2 is 2.08 bits per heavy atom. The molecule has 0 aliphatic rings. The van der Waals surface area contributed by atoms with Crippen LogP contribution in [0, 0.1) is 12.9 Å². The number of imidazole rings is 1. The third-order valence-corrected chi connectivity index (χ3v) is 3.12. The fourth-order valence-electron chi connectivity index (χ4n) is 2.02. The lowest BCUT2D eigenvalue weighted by Gasteiger charge is -2.00. The van der Waals surface area contributed by atoms with Gasteiger partial charge < -0.3 is 5.32 Å². The van der Waals surface area contributed by atoms with Gasteiger partial charge in [-0.25, -0.2) is 9.97 Å². The Morgan fingerprint density at radius 3 is 2.75 bits per heavy atom. The van der Waals surface area contributed by atoms with Crippen LogP contribution < -0.4 is 5.32 Å². The molecule has 0 spiro atoms. The monoisotopic (exact) mass is 342 g/mol. The molecular formula is C13H10F4N6O. The van der Waals surface area contributed by atoms with Crippen molar-refractivity contribution >= 4 is 11.6 Å². The van der Waals surface area contributed by atoms with Crippen molar-refractivity contribution in [2.75, 3.05) is 0 Å². The van der Waals surface area contributed by atoms with E-state index >= 15 is 0 Å². The van der Waals surface area contributed by atoms with Crippen molar-refractivity contribution in [2.24, 2.45) is 0 Å². The second-order valence-electron chi connectivity index (χ2n) is 4.97. The van der Waals surface area contributed by atoms with Crippen molar-refractivity contribution in [1.82, 2.24) is 29.9 Å². The normalized spacial score (nSPS) is 11.9. The van der Waals surface area contributed by atoms with Gasteiger partial charge in [0, 0.05) is 6.20 Å². The Balaban J connectivity index is 1.76. The Kier molecular flexibility index (Phi) is 3.70. The Morgan fingerprint density at radius 1 is 1.33 bits per heavy atom. The van der Waals surface area contributed by atoms with Gasteiger partial charge in [0.1, 0.15) is 11.5 Å². The summed E-state index contributed by atoms with van der Waals surface area (Å²) >= 11 is 0. The SMILES string of the molecule is Cc1ccc2nc(C(=O)NCc3nc(C(F)(F)F)n[nH]3)c(F)n2c1. The van der Waals surface area contributed by atoms with Crippen molar-refractivity contribution in [3.63, 3.8) is 0 Å². The predicted octanol–water partition coefficient (Wildman–Crippen LogP) is 1.85. The Labute approximate surface area is 131 Å². The molecule has 0 atom stereocenters. The van der Waals surface area contributed by atoms with E-state index in [-0.39, 0.29) is 18.0 Å². The molecule has 0 aliphatic heterocycles. The summed E-state index contributed by atoms with van der Waals surface area (Å²) in [5, 5.41) is 7.29. The number of rotatable bonds is 3. The molecule has 0 radical (unpaired) electrons. The maximum Gasteiger partial charge on any atom is 0.453 e. The fourth-order valence-corrected chi connectivity index (χ4v) is 2.02. The molecule has 0 aliphatic carbocycles. The van der Waals surface area contributed by atoms with Gasteiger partial charge in [0.25, 0.3) is 11.7 Å². The van der Waals surface area contributed by atoms with E-state index in [4.69, 9.17) is 0 Å². The summed E-state index contributed by atoms with van der Waals surface area (Å²) in [5.41, 5.74) is 0.547. The van der Waals surface area contributed by atoms with Crippen LogP contribution >= 0.6 is 0 Å². The highest BCUT2D eigenvalue weighted by Gasteiger charge is 2.36. The van der Waals surface area contributed by atoms with Crippen molar-refractivity contribution < 1.29 is 22.4 Å². The van der Waals surface area contributed by atoms with Gasteiger partial charge in [-0.05, 0) is 18.6 Å². The van der Waals surface area contributed by atoms with Crippen LogP contribution in [0.1, 0.15) is 27.7 Å². The van der Waals surface area contributed by atoms with Gasteiger partial charge in [0.15, 0.2) is 5.69 Å². The first-order valence-electron chi connectivity index (χ1n) is 6.66. The number of H-pyrrole nitrogens is 1. The maximum atomic E-state index is 14.2. The molecule has 24 heavy (non-hydrogen) atoms. The van der Waals surface area contributed by atoms with E-state index in [0.29, 0.717) is 0 Å². The summed E-state index contributed by atoms with van der Waals surface area (Å²) in [6, 6.07) is 3.25. The van der Waals surface area contributed by atoms with Crippen molar-refractivity contribution in [2.45, 2.75) is 19.6 Å². The second-order valence-corrected chi connectivity index (χ2v) is 4.97. The lowest BCUT2D eigenvalue weighted by atomic mass is 10.3. The number of pyridine rings is 1. The lowest BCUT2D eigenvalue weighted by Crippen LogP contribution is -2.25. The highest BCUT2D eigenvalue weighted by molar-refractivity contribution is 5.93. The first-order valence-corrected chi connectivity index (χ1v) is 6.66. The molecule has 0 fully saturated rings. The second kappa shape index (κ2) is 5.58. The van der Waals surface area contributed by atoms with E-state index in [9.17, 15) is 22.4 Å². The summed E-state index contributed by atoms with van der Waals surface area (Å²) in [5.74, 6) is -3.30. The number of halogens is 4. The highest BCUT2D eigenvalue weighted by Crippen LogP contribution is 2.25. The van der Waals surface area contributed by atoms with Gasteiger partial charge in [-0.3, -0.25) is 14.3 Å². The summed E-state index contributed by atoms with van der Waals surface area (Å²) in [6.45, 7) is 1.37. The molecule has 126 valence electrons. The molecule has 0 bridgehead atoms. The van der Waals surface area contributed by atoms with Crippen LogP contribution in [0.25, 0.3) is 5.65 Å². The summed E-state index contributed by atoms with van der Waals surface area (Å²) in [4.78, 5) is 19.0. The van der Waals surface area contributed by atoms with E-state index in [1.165, 1.54) is 6.20 Å². The van der Waals surface area contributed by atoms with Gasteiger partial charge in [0.2, 0.25) is 5.95 Å². The minimum absolute atomic E-state index is 0.212. The molecule has 0 saturated heterocycles. The number of carbonyl (C=O) groups is 1. The molecule has 3 aromatic heterocycles. The third kappa shape index (κ3) is 2.92. The number of nitrogens with one attached hydrogen (secondary N) is 2. The van der Waals surface area contributed by atoms with E-state index in [1.807, 2.05) is 0 Å². The summed E-state index contributed by atoms with van der Waals surface area (Å²) in [7, 11) is 0. The van der Waals surface area contributed by atoms with Crippen LogP contribution in [-0.2, 0) is 12.7 Å². The standard InChI is InChI=1S/C13H10F4N6O/c1-6-2-3-8-20-9(10(14)23(8)5-6)11(24)18-4-7-19-12(22-21-7)13(15,16)17/h2-3,5H,4H2,1H3,(H,18,24)(H,19,21,22). The topological polar surface area (TPSA) is 88.0 Å². The number of aryl methyl sites for hydroxylation is 1. The number of hydrogen-bond acceptors (Lipinski definition) is 4. The Bertz CT molecular complexity index is 913. The molecule has 11 heteroatoms. The minimum atomic E-state index is -4.69. The molecular weight excluding hydrogens is 332 g/mol. The number of amides is 1. The molecule has 0 saturated carbocycles. The largest absolute Gasteiger partial charge is 0.453 e. The number of fused-ring (bicyclic) bond motifs is 1. The smallest absolute Gasteiger partial charge is 0.343 e. The maximum absolute atomic E-state index is 14.2. The summed E-state index contributed by atoms with van der Waals surface area (Å²) < 4.78 is 52.4. The van der Waals surface area contributed by atoms with Gasteiger partial charge in [-0.2, -0.15) is 17.6 Å². The summed E-state index contributed by atoms with van der Waals surface area (Å²) in [6.07, 6.45) is -3.22. The molecule has 1 amide bonds. The predicted molar refractivity (Wildman–Crippen MR) is 72.4 cm³/mol. The molecule has 3 heterocycles. The average molecular weight is 342 g/mol. The Hall–Kier alpha value is -2.98. The zero-order valence-electron chi connectivity index (χ0n) is 12.1. The molecule has 3 aromatic rings. The van der Waals surface area contributed by atoms with Crippen molar-refractivity contribution in [3.8, 4) is 0 Å². The van der Waals surface area contributed by atoms with Crippen LogP contribution in [0.4, 0.5) is 17.6 Å². The van der Waals surface area contributed by atoms with Crippen LogP contribution in [0.3, 0.4) is 0 Å². The zero-order valence-corrected chi connectivity index (χ0v) is 12.1. The lowest BCUT2D eigenvalue weighted by molar-refractivity contribution is -0.144. The quantitative estimate of drug-likeness (QED) is 0.711. The molecule has 3 rings (SSSR count). The molecule has 2 N–H and O–H groups in total. The van der Waals surface area contributed by atoms with Crippen molar-refractivity contribution in [1.29, 1.82) is 0 Å². The van der Waals surface area contributed by atoms with Gasteiger partial charge in [-0.15, -0.1) is 5.10 Å². The minimum Gasteiger partial charge on any atom is -0.343 e. The number of nitrogens with zero attached hydrogens (tertiary/aromatic N) is 4. The first-order chi connectivity index (χ1) is 11.3. The van der Waals surface area contributed by atoms with Crippen LogP contribution in [0.2, 0.25) is 0 Å². The number of aromatic nitrogens is 5. The molecule has 7 nitrogen and oxygen atoms in total. The van der Waals surface area contributed by atoms with Crippen LogP contribution in [0.5, 0.6) is 0 Å². The molecule has 0 aromatic carbocycles. The van der Waals surface area contributed by atoms with E-state index in [2.05, 4.69) is 25.5 Å². The van der Waals surface area contributed by atoms with E-state index < -0.39 is 29.5 Å². The number of carbonyl (C=O) groups excluding carboxylic acids is 1. The fraction of sp³-hybridized carbons (Fsp3) is 0.231. The van der Waals surface area contributed by atoms with E-state index in [0.717, 1.165) is 9.96 Å². The van der Waals surface area contributed by atoms with Gasteiger partial charge in [0.05, 0.1) is 6.54 Å². The number of alkyl halides is 3. The van der Waals surface area contributed by atoms with Gasteiger partial charge >= 0.3 is 6.18 Å². The van der Waals surface area contributed by atoms with Crippen molar-refractivity contribution in [3.05, 3.63) is 47.2 Å². The third-order valence-electron chi connectivity index (χ3n) is 3.12. The van der Waals surface area contributed by atoms with Crippen LogP contribution in [-0.4, -0.2) is 30.5 Å². The van der Waals surface area contributed by atoms with Crippen LogP contribution in [0.15, 0.2) is 18.3 Å². The average Bonchev–Trinajstić information content (AvgIpc) is 3.10. The zero-order chi connectivity index (χ0) is 17.5. The first kappa shape index (κ1) is 15.9. The number of aromatic amines is 1. The number of hydrogen-bond donors (Lipinski definition) is 2. The highest BCUT2D eigenvalue weighted by atomic mass is 19.4. The van der Waals surface area contributed by atoms with E-state index in [1.54, 1.807) is 19.1 Å². The van der Waals surface area contributed by atoms with Gasteiger partial charge in [-0.1, -0.05) is 6.07 Å². The molecule has 0 unspecified atom stereocenters.